The molecule has 13 rings (SSSR count). The van der Waals surface area contributed by atoms with Gasteiger partial charge in [-0.05, 0) is 299 Å². The number of benzene rings is 13. The minimum Gasteiger partial charge on any atom is -0.338 e. The minimum absolute atomic E-state index is 0.0957. The molecule has 0 aliphatic rings. The maximum atomic E-state index is 14.7. The van der Waals surface area contributed by atoms with E-state index in [0.717, 1.165) is 80.2 Å². The number of nitrogens with one attached hydrogen (secondary N) is 2. The third-order valence-corrected chi connectivity index (χ3v) is 26.0. The monoisotopic (exact) mass is 1390 g/mol. The molecule has 5 unspecified atom stereocenters. The molecule has 0 bridgehead atoms. The quantitative estimate of drug-likeness (QED) is 0.0223. The molecule has 0 aliphatic heterocycles. The van der Waals surface area contributed by atoms with Gasteiger partial charge in [0.1, 0.15) is 0 Å². The molecule has 0 saturated carbocycles. The zero-order valence-corrected chi connectivity index (χ0v) is 68.2. The molecule has 556 valence electrons. The van der Waals surface area contributed by atoms with Gasteiger partial charge in [0, 0.05) is 12.2 Å². The Morgan fingerprint density at radius 1 is 0.250 bits per heavy atom. The van der Waals surface area contributed by atoms with Crippen LogP contribution in [0.4, 0.5) is 10.5 Å². The zero-order valence-electron chi connectivity index (χ0n) is 68.2. The number of rotatable bonds is 43. The molecule has 0 aromatic heterocycles. The van der Waals surface area contributed by atoms with E-state index in [2.05, 4.69) is 194 Å². The molecule has 2 N–H and O–H groups in total. The SMILES string of the molecule is CCCCCCCCNC(=O)Nc1cc2c3cc(CCC(C)CCCC(C)C)cc4c5cc(CCC(C)CCCC(C)C)cc6c7cc(CCC(C)CCCC(C)C)cc8c9cc(CCC(C)CCCC(C)C)cc%10c%11cc(CCC(C)CCCC(C)C)cc%12c(c1)c2c1c(c43)c(c65)c(c78)c(c9%10)c1c%11%12. The Morgan fingerprint density at radius 2 is 0.462 bits per heavy atom. The number of carbonyl (C=O) groups excluding carboxylic acids is 1. The average Bonchev–Trinajstić information content (AvgIpc) is 0.643. The Bertz CT molecular complexity index is 4660. The highest BCUT2D eigenvalue weighted by molar-refractivity contribution is 6.61. The zero-order chi connectivity index (χ0) is 73.2. The van der Waals surface area contributed by atoms with E-state index in [1.165, 1.54) is 311 Å². The molecule has 0 aliphatic carbocycles. The van der Waals surface area contributed by atoms with Crippen LogP contribution in [0.3, 0.4) is 0 Å². The fourth-order valence-corrected chi connectivity index (χ4v) is 19.8. The van der Waals surface area contributed by atoms with Gasteiger partial charge in [-0.1, -0.05) is 300 Å². The van der Waals surface area contributed by atoms with Gasteiger partial charge in [0.05, 0.1) is 0 Å². The summed E-state index contributed by atoms with van der Waals surface area (Å²) in [5.74, 6) is 6.95. The van der Waals surface area contributed by atoms with Crippen molar-refractivity contribution in [2.75, 3.05) is 11.9 Å². The van der Waals surface area contributed by atoms with E-state index < -0.39 is 0 Å². The van der Waals surface area contributed by atoms with E-state index in [-0.39, 0.29) is 6.03 Å². The Morgan fingerprint density at radius 3 is 0.683 bits per heavy atom. The summed E-state index contributed by atoms with van der Waals surface area (Å²) in [5, 5.41) is 41.6. The van der Waals surface area contributed by atoms with Crippen LogP contribution in [-0.2, 0) is 32.1 Å². The van der Waals surface area contributed by atoms with E-state index in [0.29, 0.717) is 36.1 Å². The van der Waals surface area contributed by atoms with Crippen LogP contribution in [0.15, 0.2) is 72.8 Å². The molecule has 5 atom stereocenters. The van der Waals surface area contributed by atoms with Crippen LogP contribution in [0.5, 0.6) is 0 Å². The number of carbonyl (C=O) groups is 1. The number of hydrogen-bond acceptors (Lipinski definition) is 1. The fraction of sp³-hybridized carbons (Fsp3) is 0.574. The van der Waals surface area contributed by atoms with Gasteiger partial charge in [-0.2, -0.15) is 0 Å². The third kappa shape index (κ3) is 16.3. The summed E-state index contributed by atoms with van der Waals surface area (Å²) in [4.78, 5) is 14.7. The number of hydrogen-bond donors (Lipinski definition) is 2. The van der Waals surface area contributed by atoms with Gasteiger partial charge in [0.2, 0.25) is 0 Å². The van der Waals surface area contributed by atoms with Gasteiger partial charge in [0.15, 0.2) is 0 Å². The average molecular weight is 1390 g/mol. The van der Waals surface area contributed by atoms with Crippen molar-refractivity contribution in [1.82, 2.24) is 5.32 Å². The van der Waals surface area contributed by atoms with Gasteiger partial charge >= 0.3 is 6.03 Å². The first kappa shape index (κ1) is 76.0. The molecule has 13 aromatic carbocycles. The molecule has 0 spiro atoms. The predicted octanol–water partition coefficient (Wildman–Crippen LogP) is 31.6. The summed E-state index contributed by atoms with van der Waals surface area (Å²) in [6.45, 7) is 39.5. The summed E-state index contributed by atoms with van der Waals surface area (Å²) >= 11 is 0. The molecule has 0 fully saturated rings. The Labute approximate surface area is 628 Å². The summed E-state index contributed by atoms with van der Waals surface area (Å²) in [6, 6.07) is 32.0. The summed E-state index contributed by atoms with van der Waals surface area (Å²) in [7, 11) is 0. The molecule has 0 saturated heterocycles. The number of urea groups is 1. The standard InChI is InChI=1S/C101H136N2O/c1-17-18-19-20-21-22-48-102-101(104)103-76-59-87-85-57-74(46-41-69(15)36-26-31-64(8)9)55-83-81-53-72(44-39-67(13)34-24-29-62(4)5)51-79-77-49-71(43-38-66(12)33-23-28-61(2)3)50-78-80-52-73(45-40-68(14)35-25-30-63(6)7)54-82-84-56-75(47-42-70(16)37-27-32-65(10)11)58-86-88(60-76)94(87)100-98(92(83)85)96(90(79)81)95(89(77)78)97(91(80)82)99(100)93(84)86/h49-70H,17-48H2,1-16H3,(H2,102,103,104). The summed E-state index contributed by atoms with van der Waals surface area (Å²) in [6.07, 6.45) is 37.9. The molecular weight excluding hydrogens is 1260 g/mol. The van der Waals surface area contributed by atoms with E-state index in [9.17, 15) is 4.79 Å². The topological polar surface area (TPSA) is 41.1 Å². The maximum absolute atomic E-state index is 14.7. The first-order chi connectivity index (χ1) is 50.1. The number of aryl methyl sites for hydroxylation is 5. The van der Waals surface area contributed by atoms with Crippen molar-refractivity contribution in [2.24, 2.45) is 59.2 Å². The second kappa shape index (κ2) is 33.5. The number of unbranched alkanes of at least 4 members (excludes halogenated alkanes) is 5. The second-order valence-electron chi connectivity index (χ2n) is 37.5. The molecule has 0 heterocycles. The van der Waals surface area contributed by atoms with Crippen LogP contribution in [0.1, 0.15) is 306 Å². The van der Waals surface area contributed by atoms with Crippen molar-refractivity contribution in [3.63, 3.8) is 0 Å². The van der Waals surface area contributed by atoms with Crippen LogP contribution in [-0.4, -0.2) is 12.6 Å². The normalized spacial score (nSPS) is 14.5. The van der Waals surface area contributed by atoms with Gasteiger partial charge in [-0.25, -0.2) is 4.79 Å². The van der Waals surface area contributed by atoms with Crippen LogP contribution in [0.2, 0.25) is 0 Å². The van der Waals surface area contributed by atoms with Crippen molar-refractivity contribution in [3.05, 3.63) is 101 Å². The Kier molecular flexibility index (Phi) is 24.5. The van der Waals surface area contributed by atoms with Crippen molar-refractivity contribution in [3.8, 4) is 0 Å². The lowest BCUT2D eigenvalue weighted by Crippen LogP contribution is -2.29. The molecule has 0 radical (unpaired) electrons. The highest BCUT2D eigenvalue weighted by Crippen LogP contribution is 2.61. The second-order valence-corrected chi connectivity index (χ2v) is 37.5. The van der Waals surface area contributed by atoms with Crippen LogP contribution >= 0.6 is 0 Å². The smallest absolute Gasteiger partial charge is 0.319 e. The summed E-state index contributed by atoms with van der Waals surface area (Å²) < 4.78 is 0. The Balaban J connectivity index is 1.14. The molecule has 3 nitrogen and oxygen atoms in total. The van der Waals surface area contributed by atoms with Gasteiger partial charge in [-0.15, -0.1) is 0 Å². The van der Waals surface area contributed by atoms with Crippen molar-refractivity contribution in [1.29, 1.82) is 0 Å². The molecular formula is C101H136N2O. The predicted molar refractivity (Wildman–Crippen MR) is 465 cm³/mol. The highest BCUT2D eigenvalue weighted by atomic mass is 16.2. The summed E-state index contributed by atoms with van der Waals surface area (Å²) in [5.41, 5.74) is 8.31. The molecule has 2 amide bonds. The Hall–Kier alpha value is -6.19. The van der Waals surface area contributed by atoms with E-state index >= 15 is 0 Å². The fourth-order valence-electron chi connectivity index (χ4n) is 19.8. The van der Waals surface area contributed by atoms with Gasteiger partial charge in [-0.3, -0.25) is 0 Å². The lowest BCUT2D eigenvalue weighted by molar-refractivity contribution is 0.252. The number of amides is 2. The van der Waals surface area contributed by atoms with Gasteiger partial charge < -0.3 is 10.6 Å². The highest BCUT2D eigenvalue weighted by Gasteiger charge is 2.34. The van der Waals surface area contributed by atoms with Crippen molar-refractivity contribution < 1.29 is 4.79 Å². The number of anilines is 1. The molecule has 13 aromatic rings. The van der Waals surface area contributed by atoms with Crippen LogP contribution in [0.25, 0.3) is 129 Å². The first-order valence-corrected chi connectivity index (χ1v) is 43.5. The maximum Gasteiger partial charge on any atom is 0.319 e. The van der Waals surface area contributed by atoms with Crippen molar-refractivity contribution in [2.45, 2.75) is 310 Å². The van der Waals surface area contributed by atoms with Crippen molar-refractivity contribution >= 4 is 141 Å². The van der Waals surface area contributed by atoms with Crippen LogP contribution in [0, 0.1) is 59.2 Å². The lowest BCUT2D eigenvalue weighted by atomic mass is 9.72. The van der Waals surface area contributed by atoms with Crippen LogP contribution < -0.4 is 10.6 Å². The molecule has 104 heavy (non-hydrogen) atoms. The van der Waals surface area contributed by atoms with Gasteiger partial charge in [0.25, 0.3) is 0 Å². The minimum atomic E-state index is -0.0957. The van der Waals surface area contributed by atoms with E-state index in [1.807, 2.05) is 0 Å². The molecule has 3 heteroatoms. The largest absolute Gasteiger partial charge is 0.338 e. The third-order valence-electron chi connectivity index (χ3n) is 26.0. The van der Waals surface area contributed by atoms with E-state index in [1.54, 1.807) is 0 Å². The first-order valence-electron chi connectivity index (χ1n) is 43.5. The number of fused-ring (bicyclic) bond motifs is 6. The lowest BCUT2D eigenvalue weighted by Gasteiger charge is -2.30. The van der Waals surface area contributed by atoms with E-state index in [4.69, 9.17) is 0 Å².